The number of benzene rings is 2. The minimum atomic E-state index is -0.146. The maximum absolute atomic E-state index is 12.4. The molecule has 3 rings (SSSR count). The van der Waals surface area contributed by atoms with Crippen LogP contribution in [-0.4, -0.2) is 10.9 Å². The fraction of sp³-hybridized carbons (Fsp3) is 0.100. The van der Waals surface area contributed by atoms with Crippen molar-refractivity contribution in [2.24, 2.45) is 0 Å². The van der Waals surface area contributed by atoms with Gasteiger partial charge in [-0.2, -0.15) is 0 Å². The van der Waals surface area contributed by atoms with Crippen molar-refractivity contribution in [3.05, 3.63) is 88.7 Å². The first-order chi connectivity index (χ1) is 11.6. The number of hydrogen-bond donors (Lipinski definition) is 1. The second-order valence-corrected chi connectivity index (χ2v) is 6.08. The number of nitrogens with zero attached hydrogens (tertiary/aromatic N) is 1. The highest BCUT2D eigenvalue weighted by Crippen LogP contribution is 2.20. The van der Waals surface area contributed by atoms with Crippen molar-refractivity contribution >= 4 is 17.5 Å². The summed E-state index contributed by atoms with van der Waals surface area (Å²) in [4.78, 5) is 16.6. The topological polar surface area (TPSA) is 42.0 Å². The Morgan fingerprint density at radius 2 is 1.83 bits per heavy atom. The summed E-state index contributed by atoms with van der Waals surface area (Å²) in [5.41, 5.74) is 4.69. The maximum Gasteiger partial charge on any atom is 0.253 e. The lowest BCUT2D eigenvalue weighted by Gasteiger charge is -2.08. The quantitative estimate of drug-likeness (QED) is 0.754. The van der Waals surface area contributed by atoms with E-state index in [1.807, 2.05) is 55.5 Å². The minimum Gasteiger partial charge on any atom is -0.348 e. The minimum absolute atomic E-state index is 0.146. The summed E-state index contributed by atoms with van der Waals surface area (Å²) in [6.45, 7) is 2.49. The number of carbonyl (C=O) groups is 1. The van der Waals surface area contributed by atoms with Gasteiger partial charge in [0.05, 0.1) is 5.56 Å². The van der Waals surface area contributed by atoms with Crippen LogP contribution in [0.3, 0.4) is 0 Å². The van der Waals surface area contributed by atoms with Crippen molar-refractivity contribution < 1.29 is 4.79 Å². The zero-order valence-corrected chi connectivity index (χ0v) is 14.0. The third kappa shape index (κ3) is 4.00. The molecule has 1 N–H and O–H groups in total. The van der Waals surface area contributed by atoms with E-state index in [2.05, 4.69) is 16.4 Å². The van der Waals surface area contributed by atoms with Crippen molar-refractivity contribution in [1.29, 1.82) is 0 Å². The van der Waals surface area contributed by atoms with Crippen LogP contribution in [-0.2, 0) is 6.54 Å². The predicted molar refractivity (Wildman–Crippen MR) is 97.0 cm³/mol. The molecule has 0 aliphatic rings. The second-order valence-electron chi connectivity index (χ2n) is 5.64. The molecule has 0 atom stereocenters. The monoisotopic (exact) mass is 336 g/mol. The van der Waals surface area contributed by atoms with Crippen molar-refractivity contribution in [2.45, 2.75) is 13.5 Å². The van der Waals surface area contributed by atoms with Crippen LogP contribution in [0, 0.1) is 6.92 Å². The number of aromatic nitrogens is 1. The molecule has 0 bridgehead atoms. The smallest absolute Gasteiger partial charge is 0.253 e. The Morgan fingerprint density at radius 3 is 2.58 bits per heavy atom. The fourth-order valence-electron chi connectivity index (χ4n) is 2.43. The third-order valence-electron chi connectivity index (χ3n) is 3.72. The Balaban J connectivity index is 1.73. The number of rotatable bonds is 4. The largest absolute Gasteiger partial charge is 0.348 e. The van der Waals surface area contributed by atoms with Crippen LogP contribution in [0.1, 0.15) is 21.5 Å². The zero-order valence-electron chi connectivity index (χ0n) is 13.3. The summed E-state index contributed by atoms with van der Waals surface area (Å²) in [5, 5.41) is 3.58. The first kappa shape index (κ1) is 16.2. The molecular weight excluding hydrogens is 320 g/mol. The van der Waals surface area contributed by atoms with Gasteiger partial charge >= 0.3 is 0 Å². The Hall–Kier alpha value is -2.65. The van der Waals surface area contributed by atoms with Gasteiger partial charge in [0.15, 0.2) is 0 Å². The predicted octanol–water partition coefficient (Wildman–Crippen LogP) is 4.64. The van der Waals surface area contributed by atoms with Crippen molar-refractivity contribution in [3.8, 4) is 11.1 Å². The molecule has 0 saturated heterocycles. The standard InChI is InChI=1S/C20H17ClN2O/c1-14-3-2-4-16(9-14)17-10-18(13-22-12-17)20(24)23-11-15-5-7-19(21)8-6-15/h2-10,12-13H,11H2,1H3,(H,23,24). The second kappa shape index (κ2) is 7.28. The lowest BCUT2D eigenvalue weighted by Crippen LogP contribution is -2.22. The Bertz CT molecular complexity index is 860. The molecule has 0 spiro atoms. The molecule has 1 heterocycles. The summed E-state index contributed by atoms with van der Waals surface area (Å²) in [7, 11) is 0. The number of halogens is 1. The molecule has 3 nitrogen and oxygen atoms in total. The normalized spacial score (nSPS) is 10.4. The highest BCUT2D eigenvalue weighted by molar-refractivity contribution is 6.30. The van der Waals surface area contributed by atoms with Gasteiger partial charge in [0, 0.05) is 29.5 Å². The molecule has 0 aliphatic carbocycles. The Morgan fingerprint density at radius 1 is 1.04 bits per heavy atom. The summed E-state index contributed by atoms with van der Waals surface area (Å²) in [6, 6.07) is 17.4. The first-order valence-electron chi connectivity index (χ1n) is 7.66. The summed E-state index contributed by atoms with van der Waals surface area (Å²) < 4.78 is 0. The molecule has 1 amide bonds. The SMILES string of the molecule is Cc1cccc(-c2cncc(C(=O)NCc3ccc(Cl)cc3)c2)c1. The van der Waals surface area contributed by atoms with E-state index >= 15 is 0 Å². The number of nitrogens with one attached hydrogen (secondary N) is 1. The number of pyridine rings is 1. The molecule has 2 aromatic carbocycles. The number of carbonyl (C=O) groups excluding carboxylic acids is 1. The van der Waals surface area contributed by atoms with Crippen LogP contribution in [0.15, 0.2) is 67.0 Å². The third-order valence-corrected chi connectivity index (χ3v) is 3.97. The van der Waals surface area contributed by atoms with Crippen LogP contribution >= 0.6 is 11.6 Å². The number of hydrogen-bond acceptors (Lipinski definition) is 2. The molecule has 0 fully saturated rings. The summed E-state index contributed by atoms with van der Waals surface area (Å²) in [5.74, 6) is -0.146. The fourth-order valence-corrected chi connectivity index (χ4v) is 2.56. The summed E-state index contributed by atoms with van der Waals surface area (Å²) in [6.07, 6.45) is 3.35. The molecule has 24 heavy (non-hydrogen) atoms. The molecule has 4 heteroatoms. The molecular formula is C20H17ClN2O. The van der Waals surface area contributed by atoms with Crippen molar-refractivity contribution in [3.63, 3.8) is 0 Å². The number of amides is 1. The average Bonchev–Trinajstić information content (AvgIpc) is 2.61. The van der Waals surface area contributed by atoms with E-state index in [1.165, 1.54) is 5.56 Å². The van der Waals surface area contributed by atoms with Crippen LogP contribution in [0.25, 0.3) is 11.1 Å². The van der Waals surface area contributed by atoms with E-state index in [9.17, 15) is 4.79 Å². The van der Waals surface area contributed by atoms with E-state index in [0.717, 1.165) is 16.7 Å². The highest BCUT2D eigenvalue weighted by Gasteiger charge is 2.08. The van der Waals surface area contributed by atoms with Crippen LogP contribution < -0.4 is 5.32 Å². The van der Waals surface area contributed by atoms with Gasteiger partial charge in [0.1, 0.15) is 0 Å². The van der Waals surface area contributed by atoms with Crippen LogP contribution in [0.5, 0.6) is 0 Å². The molecule has 3 aromatic rings. The van der Waals surface area contributed by atoms with E-state index in [-0.39, 0.29) is 5.91 Å². The Kier molecular flexibility index (Phi) is 4.92. The van der Waals surface area contributed by atoms with Gasteiger partial charge in [-0.25, -0.2) is 0 Å². The number of aryl methyl sites for hydroxylation is 1. The van der Waals surface area contributed by atoms with Gasteiger partial charge in [-0.15, -0.1) is 0 Å². The average molecular weight is 337 g/mol. The van der Waals surface area contributed by atoms with Gasteiger partial charge in [-0.1, -0.05) is 53.6 Å². The van der Waals surface area contributed by atoms with Crippen molar-refractivity contribution in [2.75, 3.05) is 0 Å². The van der Waals surface area contributed by atoms with E-state index < -0.39 is 0 Å². The van der Waals surface area contributed by atoms with Crippen molar-refractivity contribution in [1.82, 2.24) is 10.3 Å². The molecule has 0 unspecified atom stereocenters. The highest BCUT2D eigenvalue weighted by atomic mass is 35.5. The lowest BCUT2D eigenvalue weighted by molar-refractivity contribution is 0.0950. The van der Waals surface area contributed by atoms with E-state index in [4.69, 9.17) is 11.6 Å². The maximum atomic E-state index is 12.4. The van der Waals surface area contributed by atoms with Gasteiger partial charge < -0.3 is 5.32 Å². The van der Waals surface area contributed by atoms with Gasteiger partial charge in [-0.05, 0) is 36.2 Å². The molecule has 0 radical (unpaired) electrons. The molecule has 0 aliphatic heterocycles. The molecule has 0 saturated carbocycles. The summed E-state index contributed by atoms with van der Waals surface area (Å²) >= 11 is 5.86. The lowest BCUT2D eigenvalue weighted by atomic mass is 10.0. The van der Waals surface area contributed by atoms with Crippen LogP contribution in [0.2, 0.25) is 5.02 Å². The molecule has 1 aromatic heterocycles. The van der Waals surface area contributed by atoms with E-state index in [1.54, 1.807) is 12.4 Å². The molecule has 120 valence electrons. The van der Waals surface area contributed by atoms with Gasteiger partial charge in [-0.3, -0.25) is 9.78 Å². The van der Waals surface area contributed by atoms with Crippen LogP contribution in [0.4, 0.5) is 0 Å². The zero-order chi connectivity index (χ0) is 16.9. The Labute approximate surface area is 146 Å². The first-order valence-corrected chi connectivity index (χ1v) is 8.04. The van der Waals surface area contributed by atoms with Gasteiger partial charge in [0.2, 0.25) is 0 Å². The van der Waals surface area contributed by atoms with Gasteiger partial charge in [0.25, 0.3) is 5.91 Å². The van der Waals surface area contributed by atoms with E-state index in [0.29, 0.717) is 17.1 Å².